The van der Waals surface area contributed by atoms with Crippen LogP contribution in [0.3, 0.4) is 0 Å². The number of pyridine rings is 1. The monoisotopic (exact) mass is 230 g/mol. The Labute approximate surface area is 97.5 Å². The number of benzene rings is 1. The first-order valence-corrected chi connectivity index (χ1v) is 4.89. The number of aromatic nitrogens is 1. The quantitative estimate of drug-likeness (QED) is 0.839. The van der Waals surface area contributed by atoms with Gasteiger partial charge >= 0.3 is 0 Å². The van der Waals surface area contributed by atoms with Gasteiger partial charge in [-0.05, 0) is 24.3 Å². The molecule has 5 nitrogen and oxygen atoms in total. The van der Waals surface area contributed by atoms with Crippen LogP contribution in [0.5, 0.6) is 17.4 Å². The Kier molecular flexibility index (Phi) is 2.91. The maximum atomic E-state index is 11.1. The van der Waals surface area contributed by atoms with Gasteiger partial charge in [0.25, 0.3) is 5.91 Å². The van der Waals surface area contributed by atoms with Crippen molar-refractivity contribution in [1.82, 2.24) is 4.98 Å². The highest BCUT2D eigenvalue weighted by Gasteiger charge is 2.12. The van der Waals surface area contributed by atoms with Gasteiger partial charge in [-0.3, -0.25) is 4.79 Å². The number of aromatic hydroxyl groups is 1. The lowest BCUT2D eigenvalue weighted by Gasteiger charge is -2.08. The second kappa shape index (κ2) is 4.52. The zero-order chi connectivity index (χ0) is 12.3. The molecule has 1 amide bonds. The first kappa shape index (κ1) is 10.9. The van der Waals surface area contributed by atoms with Crippen LogP contribution in [0.25, 0.3) is 0 Å². The summed E-state index contributed by atoms with van der Waals surface area (Å²) in [5, 5.41) is 9.53. The average molecular weight is 230 g/mol. The summed E-state index contributed by atoms with van der Waals surface area (Å²) in [6.07, 6.45) is 1.47. The lowest BCUT2D eigenvalue weighted by molar-refractivity contribution is 0.0997. The third kappa shape index (κ3) is 2.34. The molecule has 17 heavy (non-hydrogen) atoms. The molecule has 1 aromatic carbocycles. The molecule has 0 atom stereocenters. The highest BCUT2D eigenvalue weighted by atomic mass is 16.5. The molecule has 3 N–H and O–H groups in total. The van der Waals surface area contributed by atoms with E-state index in [0.717, 1.165) is 0 Å². The Morgan fingerprint density at radius 3 is 2.71 bits per heavy atom. The van der Waals surface area contributed by atoms with Crippen LogP contribution in [0.15, 0.2) is 42.6 Å². The summed E-state index contributed by atoms with van der Waals surface area (Å²) in [6.45, 7) is 0. The van der Waals surface area contributed by atoms with Gasteiger partial charge in [-0.1, -0.05) is 12.1 Å². The maximum Gasteiger partial charge on any atom is 0.254 e. The summed E-state index contributed by atoms with van der Waals surface area (Å²) >= 11 is 0. The van der Waals surface area contributed by atoms with E-state index >= 15 is 0 Å². The van der Waals surface area contributed by atoms with Crippen LogP contribution >= 0.6 is 0 Å². The van der Waals surface area contributed by atoms with Crippen LogP contribution in [0.2, 0.25) is 0 Å². The number of nitrogens with zero attached hydrogens (tertiary/aromatic N) is 1. The molecule has 1 aromatic heterocycles. The second-order valence-electron chi connectivity index (χ2n) is 3.29. The van der Waals surface area contributed by atoms with Gasteiger partial charge in [-0.2, -0.15) is 0 Å². The van der Waals surface area contributed by atoms with E-state index in [2.05, 4.69) is 4.98 Å². The summed E-state index contributed by atoms with van der Waals surface area (Å²) in [4.78, 5) is 15.0. The van der Waals surface area contributed by atoms with E-state index in [1.54, 1.807) is 24.3 Å². The molecular formula is C12H10N2O3. The minimum Gasteiger partial charge on any atom is -0.504 e. The molecule has 86 valence electrons. The molecule has 0 saturated heterocycles. The number of hydrogen-bond acceptors (Lipinski definition) is 4. The average Bonchev–Trinajstić information content (AvgIpc) is 2.32. The SMILES string of the molecule is NC(=O)c1cccnc1Oc1ccccc1O. The van der Waals surface area contributed by atoms with Crippen molar-refractivity contribution in [2.45, 2.75) is 0 Å². The second-order valence-corrected chi connectivity index (χ2v) is 3.29. The number of para-hydroxylation sites is 2. The Morgan fingerprint density at radius 1 is 1.24 bits per heavy atom. The highest BCUT2D eigenvalue weighted by molar-refractivity contribution is 5.95. The van der Waals surface area contributed by atoms with Crippen molar-refractivity contribution in [2.24, 2.45) is 5.73 Å². The number of phenols is 1. The van der Waals surface area contributed by atoms with Gasteiger partial charge in [-0.25, -0.2) is 4.98 Å². The zero-order valence-corrected chi connectivity index (χ0v) is 8.83. The summed E-state index contributed by atoms with van der Waals surface area (Å²) in [6, 6.07) is 9.48. The van der Waals surface area contributed by atoms with Gasteiger partial charge in [0, 0.05) is 6.20 Å². The zero-order valence-electron chi connectivity index (χ0n) is 8.83. The van der Waals surface area contributed by atoms with E-state index in [1.807, 2.05) is 0 Å². The molecule has 0 fully saturated rings. The molecular weight excluding hydrogens is 220 g/mol. The molecule has 0 aliphatic rings. The molecule has 2 aromatic rings. The topological polar surface area (TPSA) is 85.4 Å². The molecule has 0 spiro atoms. The third-order valence-corrected chi connectivity index (χ3v) is 2.11. The van der Waals surface area contributed by atoms with Crippen molar-refractivity contribution in [1.29, 1.82) is 0 Å². The Hall–Kier alpha value is -2.56. The van der Waals surface area contributed by atoms with Crippen molar-refractivity contribution in [3.8, 4) is 17.4 Å². The van der Waals surface area contributed by atoms with Crippen LogP contribution in [0.4, 0.5) is 0 Å². The van der Waals surface area contributed by atoms with Crippen LogP contribution in [-0.4, -0.2) is 16.0 Å². The Bertz CT molecular complexity index is 555. The van der Waals surface area contributed by atoms with Gasteiger partial charge in [0.05, 0.1) is 0 Å². The first-order valence-electron chi connectivity index (χ1n) is 4.89. The van der Waals surface area contributed by atoms with Crippen molar-refractivity contribution in [3.63, 3.8) is 0 Å². The molecule has 0 aliphatic heterocycles. The summed E-state index contributed by atoms with van der Waals surface area (Å²) < 4.78 is 5.34. The predicted octanol–water partition coefficient (Wildman–Crippen LogP) is 1.68. The van der Waals surface area contributed by atoms with Crippen LogP contribution in [0.1, 0.15) is 10.4 Å². The Balaban J connectivity index is 2.37. The number of phenolic OH excluding ortho intramolecular Hbond substituents is 1. The minimum atomic E-state index is -0.636. The van der Waals surface area contributed by atoms with Gasteiger partial charge in [0.1, 0.15) is 5.56 Å². The molecule has 1 heterocycles. The van der Waals surface area contributed by atoms with Crippen molar-refractivity contribution in [2.75, 3.05) is 0 Å². The lowest BCUT2D eigenvalue weighted by Crippen LogP contribution is -2.12. The number of hydrogen-bond donors (Lipinski definition) is 2. The molecule has 0 radical (unpaired) electrons. The number of nitrogens with two attached hydrogens (primary N) is 1. The number of primary amides is 1. The van der Waals surface area contributed by atoms with Gasteiger partial charge in [-0.15, -0.1) is 0 Å². The molecule has 0 unspecified atom stereocenters. The number of ether oxygens (including phenoxy) is 1. The molecule has 2 rings (SSSR count). The number of rotatable bonds is 3. The highest BCUT2D eigenvalue weighted by Crippen LogP contribution is 2.30. The van der Waals surface area contributed by atoms with E-state index in [1.165, 1.54) is 18.3 Å². The van der Waals surface area contributed by atoms with Gasteiger partial charge in [0.15, 0.2) is 11.5 Å². The lowest BCUT2D eigenvalue weighted by atomic mass is 10.2. The number of carbonyl (C=O) groups is 1. The summed E-state index contributed by atoms with van der Waals surface area (Å²) in [5.41, 5.74) is 5.35. The summed E-state index contributed by atoms with van der Waals surface area (Å²) in [7, 11) is 0. The van der Waals surface area contributed by atoms with E-state index in [9.17, 15) is 9.90 Å². The number of amides is 1. The summed E-state index contributed by atoms with van der Waals surface area (Å²) in [5.74, 6) is -0.382. The van der Waals surface area contributed by atoms with E-state index in [4.69, 9.17) is 10.5 Å². The standard InChI is InChI=1S/C12H10N2O3/c13-11(16)8-4-3-7-14-12(8)17-10-6-2-1-5-9(10)15/h1-7,15H,(H2,13,16). The number of carbonyl (C=O) groups excluding carboxylic acids is 1. The third-order valence-electron chi connectivity index (χ3n) is 2.11. The van der Waals surface area contributed by atoms with Crippen LogP contribution in [-0.2, 0) is 0 Å². The fourth-order valence-electron chi connectivity index (χ4n) is 1.31. The fraction of sp³-hybridized carbons (Fsp3) is 0. The van der Waals surface area contributed by atoms with E-state index < -0.39 is 5.91 Å². The minimum absolute atomic E-state index is 0.0337. The smallest absolute Gasteiger partial charge is 0.254 e. The van der Waals surface area contributed by atoms with Crippen molar-refractivity contribution in [3.05, 3.63) is 48.2 Å². The molecule has 0 saturated carbocycles. The largest absolute Gasteiger partial charge is 0.504 e. The fourth-order valence-corrected chi connectivity index (χ4v) is 1.31. The van der Waals surface area contributed by atoms with E-state index in [-0.39, 0.29) is 22.9 Å². The molecule has 0 bridgehead atoms. The normalized spacial score (nSPS) is 9.88. The predicted molar refractivity (Wildman–Crippen MR) is 60.9 cm³/mol. The van der Waals surface area contributed by atoms with Gasteiger partial charge < -0.3 is 15.6 Å². The van der Waals surface area contributed by atoms with Crippen molar-refractivity contribution < 1.29 is 14.6 Å². The van der Waals surface area contributed by atoms with E-state index in [0.29, 0.717) is 0 Å². The molecule has 0 aliphatic carbocycles. The van der Waals surface area contributed by atoms with Crippen LogP contribution < -0.4 is 10.5 Å². The Morgan fingerprint density at radius 2 is 2.00 bits per heavy atom. The molecule has 5 heteroatoms. The maximum absolute atomic E-state index is 11.1. The van der Waals surface area contributed by atoms with Crippen molar-refractivity contribution >= 4 is 5.91 Å². The van der Waals surface area contributed by atoms with Crippen LogP contribution in [0, 0.1) is 0 Å². The van der Waals surface area contributed by atoms with Gasteiger partial charge in [0.2, 0.25) is 5.88 Å². The first-order chi connectivity index (χ1) is 8.18.